The molecule has 0 radical (unpaired) electrons. The van der Waals surface area contributed by atoms with Gasteiger partial charge < -0.3 is 10.4 Å². The van der Waals surface area contributed by atoms with Crippen LogP contribution >= 0.6 is 0 Å². The Morgan fingerprint density at radius 1 is 1.50 bits per heavy atom. The first-order chi connectivity index (χ1) is 6.62. The highest BCUT2D eigenvalue weighted by atomic mass is 19.1. The molecule has 2 rings (SSSR count). The van der Waals surface area contributed by atoms with Crippen molar-refractivity contribution in [3.8, 4) is 0 Å². The van der Waals surface area contributed by atoms with E-state index in [-0.39, 0.29) is 18.7 Å². The van der Waals surface area contributed by atoms with Crippen molar-refractivity contribution in [3.63, 3.8) is 0 Å². The molecule has 0 spiro atoms. The predicted octanol–water partition coefficient (Wildman–Crippen LogP) is 1.15. The molecular weight excluding hydrogens is 185 g/mol. The lowest BCUT2D eigenvalue weighted by atomic mass is 9.89. The third kappa shape index (κ3) is 1.37. The van der Waals surface area contributed by atoms with E-state index in [2.05, 4.69) is 5.32 Å². The molecule has 74 valence electrons. The van der Waals surface area contributed by atoms with Crippen LogP contribution in [0.5, 0.6) is 0 Å². The Hall–Kier alpha value is -1.42. The molecule has 1 aliphatic heterocycles. The number of alkyl halides is 1. The quantitative estimate of drug-likeness (QED) is 0.744. The first-order valence-electron chi connectivity index (χ1n) is 4.35. The van der Waals surface area contributed by atoms with Crippen molar-refractivity contribution < 1.29 is 14.3 Å². The molecule has 3 nitrogen and oxygen atoms in total. The van der Waals surface area contributed by atoms with Crippen LogP contribution in [0, 0.1) is 0 Å². The van der Waals surface area contributed by atoms with Gasteiger partial charge in [0.15, 0.2) is 5.67 Å². The first-order valence-corrected chi connectivity index (χ1v) is 4.35. The lowest BCUT2D eigenvalue weighted by Gasteiger charge is -2.35. The molecule has 1 aromatic carbocycles. The number of halogens is 1. The number of hydrogen-bond acceptors (Lipinski definition) is 2. The van der Waals surface area contributed by atoms with Crippen LogP contribution in [-0.4, -0.2) is 24.2 Å². The Labute approximate surface area is 80.6 Å². The number of carbonyl (C=O) groups is 1. The van der Waals surface area contributed by atoms with Crippen LogP contribution in [0.3, 0.4) is 0 Å². The van der Waals surface area contributed by atoms with Crippen LogP contribution < -0.4 is 5.32 Å². The predicted molar refractivity (Wildman–Crippen MR) is 49.1 cm³/mol. The third-order valence-corrected chi connectivity index (χ3v) is 2.44. The van der Waals surface area contributed by atoms with E-state index in [0.29, 0.717) is 5.56 Å². The molecule has 2 N–H and O–H groups in total. The smallest absolute Gasteiger partial charge is 0.335 e. The molecule has 0 amide bonds. The molecule has 1 aliphatic rings. The van der Waals surface area contributed by atoms with Crippen LogP contribution in [0.4, 0.5) is 4.39 Å². The van der Waals surface area contributed by atoms with Gasteiger partial charge in [-0.15, -0.1) is 0 Å². The number of aromatic carboxylic acids is 1. The highest BCUT2D eigenvalue weighted by molar-refractivity contribution is 5.87. The number of carboxylic acids is 1. The van der Waals surface area contributed by atoms with Crippen molar-refractivity contribution >= 4 is 5.97 Å². The second-order valence-electron chi connectivity index (χ2n) is 3.45. The standard InChI is InChI=1S/C10H10FNO2/c11-10(5-12-6-10)8-3-1-2-7(4-8)9(13)14/h1-4,12H,5-6H2,(H,13,14). The molecule has 0 unspecified atom stereocenters. The van der Waals surface area contributed by atoms with Crippen molar-refractivity contribution in [2.75, 3.05) is 13.1 Å². The summed E-state index contributed by atoms with van der Waals surface area (Å²) < 4.78 is 13.8. The van der Waals surface area contributed by atoms with Gasteiger partial charge in [0, 0.05) is 13.1 Å². The fourth-order valence-electron chi connectivity index (χ4n) is 1.48. The van der Waals surface area contributed by atoms with E-state index in [1.165, 1.54) is 12.1 Å². The van der Waals surface area contributed by atoms with Crippen LogP contribution in [0.2, 0.25) is 0 Å². The Bertz CT molecular complexity index is 374. The van der Waals surface area contributed by atoms with Gasteiger partial charge in [0.05, 0.1) is 5.56 Å². The molecule has 1 heterocycles. The number of nitrogens with one attached hydrogen (secondary N) is 1. The van der Waals surface area contributed by atoms with Gasteiger partial charge in [-0.1, -0.05) is 12.1 Å². The minimum absolute atomic E-state index is 0.131. The summed E-state index contributed by atoms with van der Waals surface area (Å²) in [6, 6.07) is 6.04. The van der Waals surface area contributed by atoms with Crippen LogP contribution in [-0.2, 0) is 5.67 Å². The summed E-state index contributed by atoms with van der Waals surface area (Å²) in [4.78, 5) is 10.6. The zero-order valence-corrected chi connectivity index (χ0v) is 7.46. The van der Waals surface area contributed by atoms with E-state index in [4.69, 9.17) is 5.11 Å². The molecule has 0 saturated carbocycles. The van der Waals surface area contributed by atoms with Crippen LogP contribution in [0.15, 0.2) is 24.3 Å². The minimum atomic E-state index is -1.38. The fraction of sp³-hybridized carbons (Fsp3) is 0.300. The summed E-state index contributed by atoms with van der Waals surface area (Å²) in [5.41, 5.74) is -0.812. The molecule has 4 heteroatoms. The van der Waals surface area contributed by atoms with E-state index in [0.717, 1.165) is 0 Å². The van der Waals surface area contributed by atoms with Crippen molar-refractivity contribution in [2.45, 2.75) is 5.67 Å². The minimum Gasteiger partial charge on any atom is -0.478 e. The second-order valence-corrected chi connectivity index (χ2v) is 3.45. The second kappa shape index (κ2) is 3.06. The molecule has 1 fully saturated rings. The molecule has 0 atom stereocenters. The molecule has 0 aliphatic carbocycles. The average Bonchev–Trinajstić information content (AvgIpc) is 2.14. The molecule has 1 aromatic rings. The summed E-state index contributed by atoms with van der Waals surface area (Å²) in [5, 5.41) is 11.6. The molecular formula is C10H10FNO2. The molecule has 0 aromatic heterocycles. The Kier molecular flexibility index (Phi) is 2.00. The highest BCUT2D eigenvalue weighted by Crippen LogP contribution is 2.30. The Morgan fingerprint density at radius 2 is 2.21 bits per heavy atom. The van der Waals surface area contributed by atoms with Gasteiger partial charge in [0.25, 0.3) is 0 Å². The van der Waals surface area contributed by atoms with Gasteiger partial charge in [0.1, 0.15) is 0 Å². The maximum atomic E-state index is 13.8. The summed E-state index contributed by atoms with van der Waals surface area (Å²) in [6.45, 7) is 0.520. The van der Waals surface area contributed by atoms with Crippen molar-refractivity contribution in [1.29, 1.82) is 0 Å². The molecule has 1 saturated heterocycles. The topological polar surface area (TPSA) is 49.3 Å². The Balaban J connectivity index is 2.35. The van der Waals surface area contributed by atoms with Crippen molar-refractivity contribution in [1.82, 2.24) is 5.32 Å². The van der Waals surface area contributed by atoms with Crippen molar-refractivity contribution in [3.05, 3.63) is 35.4 Å². The average molecular weight is 195 g/mol. The van der Waals surface area contributed by atoms with Crippen LogP contribution in [0.25, 0.3) is 0 Å². The lowest BCUT2D eigenvalue weighted by molar-refractivity contribution is 0.0694. The summed E-state index contributed by atoms with van der Waals surface area (Å²) >= 11 is 0. The van der Waals surface area contributed by atoms with Gasteiger partial charge in [-0.25, -0.2) is 9.18 Å². The summed E-state index contributed by atoms with van der Waals surface area (Å²) in [6.07, 6.45) is 0. The fourth-order valence-corrected chi connectivity index (χ4v) is 1.48. The Morgan fingerprint density at radius 3 is 2.71 bits per heavy atom. The van der Waals surface area contributed by atoms with Gasteiger partial charge >= 0.3 is 5.97 Å². The maximum absolute atomic E-state index is 13.8. The normalized spacial score (nSPS) is 18.6. The summed E-state index contributed by atoms with van der Waals surface area (Å²) in [7, 11) is 0. The van der Waals surface area contributed by atoms with Gasteiger partial charge in [-0.3, -0.25) is 0 Å². The summed E-state index contributed by atoms with van der Waals surface area (Å²) in [5.74, 6) is -1.03. The third-order valence-electron chi connectivity index (χ3n) is 2.44. The van der Waals surface area contributed by atoms with Gasteiger partial charge in [0.2, 0.25) is 0 Å². The first kappa shape index (κ1) is 9.15. The maximum Gasteiger partial charge on any atom is 0.335 e. The van der Waals surface area contributed by atoms with E-state index in [1.54, 1.807) is 12.1 Å². The monoisotopic (exact) mass is 195 g/mol. The van der Waals surface area contributed by atoms with Gasteiger partial charge in [-0.05, 0) is 17.7 Å². The SMILES string of the molecule is O=C(O)c1cccc(C2(F)CNC2)c1. The zero-order valence-electron chi connectivity index (χ0n) is 7.46. The largest absolute Gasteiger partial charge is 0.478 e. The molecule has 0 bridgehead atoms. The number of rotatable bonds is 2. The van der Waals surface area contributed by atoms with Gasteiger partial charge in [-0.2, -0.15) is 0 Å². The number of benzene rings is 1. The molecule has 14 heavy (non-hydrogen) atoms. The van der Waals surface area contributed by atoms with E-state index < -0.39 is 11.6 Å². The van der Waals surface area contributed by atoms with E-state index in [1.807, 2.05) is 0 Å². The van der Waals surface area contributed by atoms with E-state index >= 15 is 0 Å². The number of carboxylic acid groups (broad SMARTS) is 1. The highest BCUT2D eigenvalue weighted by Gasteiger charge is 2.38. The number of hydrogen-bond donors (Lipinski definition) is 2. The lowest BCUT2D eigenvalue weighted by Crippen LogP contribution is -2.53. The zero-order chi connectivity index (χ0) is 10.2. The van der Waals surface area contributed by atoms with E-state index in [9.17, 15) is 9.18 Å². The van der Waals surface area contributed by atoms with Crippen molar-refractivity contribution in [2.24, 2.45) is 0 Å². The van der Waals surface area contributed by atoms with Crippen LogP contribution in [0.1, 0.15) is 15.9 Å².